The molecule has 0 spiro atoms. The fourth-order valence-corrected chi connectivity index (χ4v) is 3.55. The highest BCUT2D eigenvalue weighted by Gasteiger charge is 2.36. The van der Waals surface area contributed by atoms with Crippen molar-refractivity contribution in [3.8, 4) is 0 Å². The van der Waals surface area contributed by atoms with Crippen LogP contribution in [0.5, 0.6) is 0 Å². The molecular weight excluding hydrogens is 359 g/mol. The molecule has 0 radical (unpaired) electrons. The predicted molar refractivity (Wildman–Crippen MR) is 90.6 cm³/mol. The van der Waals surface area contributed by atoms with Crippen LogP contribution in [0.3, 0.4) is 0 Å². The molecule has 0 saturated carbocycles. The number of hydrogen-bond acceptors (Lipinski definition) is 5. The molecule has 6 nitrogen and oxygen atoms in total. The lowest BCUT2D eigenvalue weighted by Crippen LogP contribution is -2.48. The maximum atomic E-state index is 12.8. The number of carbonyl (C=O) groups is 1. The summed E-state index contributed by atoms with van der Waals surface area (Å²) in [6.45, 7) is 4.10. The molecule has 0 N–H and O–H groups in total. The maximum absolute atomic E-state index is 12.8. The number of hydrogen-bond donors (Lipinski definition) is 0. The second-order valence-electron chi connectivity index (χ2n) is 7.07. The van der Waals surface area contributed by atoms with Crippen LogP contribution >= 0.6 is 0 Å². The average Bonchev–Trinajstić information content (AvgIpc) is 3.03. The van der Waals surface area contributed by atoms with Crippen LogP contribution in [0.25, 0.3) is 0 Å². The van der Waals surface area contributed by atoms with Crippen LogP contribution in [0.1, 0.15) is 28.9 Å². The summed E-state index contributed by atoms with van der Waals surface area (Å²) in [5.74, 6) is 0.179. The van der Waals surface area contributed by atoms with Gasteiger partial charge in [-0.05, 0) is 24.6 Å². The van der Waals surface area contributed by atoms with Gasteiger partial charge in [0.1, 0.15) is 5.69 Å². The number of aromatic nitrogens is 3. The number of pyridine rings is 1. The molecule has 1 saturated heterocycles. The SMILES string of the molecule is Cc1cnnc2c1CN(C(=O)CC1CN(c3ccnc(C(F)(F)F)c3)C1)C2. The van der Waals surface area contributed by atoms with E-state index in [2.05, 4.69) is 15.2 Å². The number of fused-ring (bicyclic) bond motifs is 1. The van der Waals surface area contributed by atoms with Gasteiger partial charge in [-0.1, -0.05) is 0 Å². The molecule has 0 aromatic carbocycles. The summed E-state index contributed by atoms with van der Waals surface area (Å²) in [5, 5.41) is 8.02. The molecule has 2 aliphatic heterocycles. The zero-order valence-corrected chi connectivity index (χ0v) is 14.7. The van der Waals surface area contributed by atoms with E-state index in [0.717, 1.165) is 22.9 Å². The lowest BCUT2D eigenvalue weighted by molar-refractivity contribution is -0.141. The number of rotatable bonds is 3. The highest BCUT2D eigenvalue weighted by Crippen LogP contribution is 2.33. The number of amides is 1. The van der Waals surface area contributed by atoms with E-state index in [1.54, 1.807) is 17.2 Å². The zero-order valence-electron chi connectivity index (χ0n) is 14.7. The quantitative estimate of drug-likeness (QED) is 0.823. The van der Waals surface area contributed by atoms with E-state index in [9.17, 15) is 18.0 Å². The van der Waals surface area contributed by atoms with Crippen molar-refractivity contribution in [2.45, 2.75) is 32.6 Å². The lowest BCUT2D eigenvalue weighted by Gasteiger charge is -2.41. The largest absolute Gasteiger partial charge is 0.433 e. The summed E-state index contributed by atoms with van der Waals surface area (Å²) in [4.78, 5) is 19.5. The van der Waals surface area contributed by atoms with Crippen molar-refractivity contribution < 1.29 is 18.0 Å². The van der Waals surface area contributed by atoms with Crippen LogP contribution in [-0.2, 0) is 24.1 Å². The Morgan fingerprint density at radius 2 is 2.07 bits per heavy atom. The first-order chi connectivity index (χ1) is 12.8. The molecule has 2 aromatic rings. The van der Waals surface area contributed by atoms with Crippen LogP contribution in [-0.4, -0.2) is 39.1 Å². The molecule has 1 fully saturated rings. The van der Waals surface area contributed by atoms with E-state index in [1.807, 2.05) is 11.8 Å². The number of halogens is 3. The predicted octanol–water partition coefficient (Wildman–Crippen LogP) is 2.57. The van der Waals surface area contributed by atoms with E-state index < -0.39 is 11.9 Å². The van der Waals surface area contributed by atoms with Crippen LogP contribution < -0.4 is 4.90 Å². The van der Waals surface area contributed by atoms with Crippen molar-refractivity contribution in [3.05, 3.63) is 47.0 Å². The van der Waals surface area contributed by atoms with E-state index in [1.165, 1.54) is 6.20 Å². The maximum Gasteiger partial charge on any atom is 0.433 e. The first kappa shape index (κ1) is 17.7. The Morgan fingerprint density at radius 3 is 2.78 bits per heavy atom. The van der Waals surface area contributed by atoms with Crippen molar-refractivity contribution in [1.29, 1.82) is 0 Å². The Balaban J connectivity index is 1.32. The standard InChI is InChI=1S/C18H18F3N5O/c1-11-6-23-24-15-10-26(9-14(11)15)17(27)4-12-7-25(8-12)13-2-3-22-16(5-13)18(19,20)21/h2-3,5-6,12H,4,7-10H2,1H3. The molecule has 4 rings (SSSR count). The molecule has 2 aliphatic rings. The van der Waals surface area contributed by atoms with E-state index in [4.69, 9.17) is 0 Å². The van der Waals surface area contributed by atoms with E-state index in [0.29, 0.717) is 38.3 Å². The van der Waals surface area contributed by atoms with Gasteiger partial charge >= 0.3 is 6.18 Å². The first-order valence-electron chi connectivity index (χ1n) is 8.67. The molecule has 0 bridgehead atoms. The number of aryl methyl sites for hydroxylation is 1. The van der Waals surface area contributed by atoms with Crippen molar-refractivity contribution in [2.24, 2.45) is 5.92 Å². The minimum atomic E-state index is -4.46. The third-order valence-corrected chi connectivity index (χ3v) is 5.12. The summed E-state index contributed by atoms with van der Waals surface area (Å²) < 4.78 is 38.3. The Morgan fingerprint density at radius 1 is 1.30 bits per heavy atom. The second-order valence-corrected chi connectivity index (χ2v) is 7.07. The normalized spacial score (nSPS) is 17.0. The molecule has 4 heterocycles. The number of nitrogens with zero attached hydrogens (tertiary/aromatic N) is 5. The highest BCUT2D eigenvalue weighted by atomic mass is 19.4. The third kappa shape index (κ3) is 3.45. The molecule has 2 aromatic heterocycles. The fraction of sp³-hybridized carbons (Fsp3) is 0.444. The van der Waals surface area contributed by atoms with Crippen LogP contribution in [0.15, 0.2) is 24.5 Å². The molecule has 9 heteroatoms. The summed E-state index contributed by atoms with van der Waals surface area (Å²) in [7, 11) is 0. The van der Waals surface area contributed by atoms with Gasteiger partial charge < -0.3 is 9.80 Å². The van der Waals surface area contributed by atoms with Gasteiger partial charge in [-0.3, -0.25) is 9.78 Å². The van der Waals surface area contributed by atoms with Gasteiger partial charge in [0.2, 0.25) is 5.91 Å². The van der Waals surface area contributed by atoms with Crippen LogP contribution in [0.4, 0.5) is 18.9 Å². The highest BCUT2D eigenvalue weighted by molar-refractivity contribution is 5.77. The average molecular weight is 377 g/mol. The monoisotopic (exact) mass is 377 g/mol. The number of anilines is 1. The molecular formula is C18H18F3N5O. The van der Waals surface area contributed by atoms with Crippen molar-refractivity contribution in [3.63, 3.8) is 0 Å². The Labute approximate surface area is 154 Å². The van der Waals surface area contributed by atoms with E-state index in [-0.39, 0.29) is 11.8 Å². The first-order valence-corrected chi connectivity index (χ1v) is 8.67. The molecule has 27 heavy (non-hydrogen) atoms. The van der Waals surface area contributed by atoms with Crippen LogP contribution in [0.2, 0.25) is 0 Å². The van der Waals surface area contributed by atoms with Gasteiger partial charge in [0.25, 0.3) is 0 Å². The Hall–Kier alpha value is -2.71. The van der Waals surface area contributed by atoms with Crippen LogP contribution in [0, 0.1) is 12.8 Å². The number of carbonyl (C=O) groups excluding carboxylic acids is 1. The second kappa shape index (κ2) is 6.47. The Bertz CT molecular complexity index is 880. The fourth-order valence-electron chi connectivity index (χ4n) is 3.55. The summed E-state index contributed by atoms with van der Waals surface area (Å²) in [6, 6.07) is 2.61. The van der Waals surface area contributed by atoms with Crippen molar-refractivity contribution in [1.82, 2.24) is 20.1 Å². The topological polar surface area (TPSA) is 62.2 Å². The van der Waals surface area contributed by atoms with Gasteiger partial charge in [-0.15, -0.1) is 0 Å². The van der Waals surface area contributed by atoms with Crippen molar-refractivity contribution in [2.75, 3.05) is 18.0 Å². The molecule has 0 unspecified atom stereocenters. The van der Waals surface area contributed by atoms with Gasteiger partial charge in [0, 0.05) is 49.4 Å². The summed E-state index contributed by atoms with van der Waals surface area (Å²) >= 11 is 0. The molecule has 0 aliphatic carbocycles. The van der Waals surface area contributed by atoms with Gasteiger partial charge in [0.15, 0.2) is 0 Å². The van der Waals surface area contributed by atoms with Crippen molar-refractivity contribution >= 4 is 11.6 Å². The third-order valence-electron chi connectivity index (χ3n) is 5.12. The Kier molecular flexibility index (Phi) is 4.24. The molecule has 142 valence electrons. The zero-order chi connectivity index (χ0) is 19.2. The smallest absolute Gasteiger partial charge is 0.371 e. The summed E-state index contributed by atoms with van der Waals surface area (Å²) in [5.41, 5.74) is 2.52. The molecule has 0 atom stereocenters. The lowest BCUT2D eigenvalue weighted by atomic mass is 9.95. The minimum absolute atomic E-state index is 0.0442. The molecule has 1 amide bonds. The van der Waals surface area contributed by atoms with Gasteiger partial charge in [0.05, 0.1) is 18.4 Å². The summed E-state index contributed by atoms with van der Waals surface area (Å²) in [6.07, 6.45) is -1.21. The van der Waals surface area contributed by atoms with E-state index >= 15 is 0 Å². The number of alkyl halides is 3. The van der Waals surface area contributed by atoms with Gasteiger partial charge in [-0.2, -0.15) is 23.4 Å². The van der Waals surface area contributed by atoms with Gasteiger partial charge in [-0.25, -0.2) is 0 Å². The minimum Gasteiger partial charge on any atom is -0.371 e.